The van der Waals surface area contributed by atoms with Crippen LogP contribution in [0.2, 0.25) is 0 Å². The van der Waals surface area contributed by atoms with Crippen molar-refractivity contribution in [3.63, 3.8) is 0 Å². The van der Waals surface area contributed by atoms with E-state index in [9.17, 15) is 4.79 Å². The van der Waals surface area contributed by atoms with Crippen molar-refractivity contribution < 1.29 is 4.79 Å². The Morgan fingerprint density at radius 3 is 2.87 bits per heavy atom. The highest BCUT2D eigenvalue weighted by atomic mass is 16.2. The van der Waals surface area contributed by atoms with Crippen LogP contribution in [0.25, 0.3) is 0 Å². The number of carbonyl (C=O) groups is 1. The Morgan fingerprint density at radius 2 is 2.27 bits per heavy atom. The van der Waals surface area contributed by atoms with E-state index in [2.05, 4.69) is 10.4 Å². The van der Waals surface area contributed by atoms with Gasteiger partial charge in [0.15, 0.2) is 5.69 Å². The lowest BCUT2D eigenvalue weighted by molar-refractivity contribution is 0.0820. The molecule has 2 rings (SSSR count). The van der Waals surface area contributed by atoms with Crippen molar-refractivity contribution in [1.29, 1.82) is 0 Å². The summed E-state index contributed by atoms with van der Waals surface area (Å²) in [4.78, 5) is 13.4. The first kappa shape index (κ1) is 10.2. The van der Waals surface area contributed by atoms with E-state index >= 15 is 0 Å². The van der Waals surface area contributed by atoms with Gasteiger partial charge in [0.2, 0.25) is 0 Å². The van der Waals surface area contributed by atoms with Crippen molar-refractivity contribution in [2.24, 2.45) is 0 Å². The first-order chi connectivity index (χ1) is 7.11. The van der Waals surface area contributed by atoms with Crippen LogP contribution in [0.3, 0.4) is 0 Å². The van der Waals surface area contributed by atoms with E-state index in [0.717, 1.165) is 30.9 Å². The highest BCUT2D eigenvalue weighted by Gasteiger charge is 2.22. The summed E-state index contributed by atoms with van der Waals surface area (Å²) < 4.78 is 1.93. The van der Waals surface area contributed by atoms with E-state index < -0.39 is 0 Å². The Bertz CT molecular complexity index is 394. The fourth-order valence-corrected chi connectivity index (χ4v) is 1.80. The van der Waals surface area contributed by atoms with Gasteiger partial charge in [0.1, 0.15) is 0 Å². The number of amides is 1. The van der Waals surface area contributed by atoms with E-state index in [1.165, 1.54) is 0 Å². The minimum absolute atomic E-state index is 0.0191. The van der Waals surface area contributed by atoms with E-state index in [4.69, 9.17) is 0 Å². The van der Waals surface area contributed by atoms with Crippen LogP contribution >= 0.6 is 0 Å². The summed E-state index contributed by atoms with van der Waals surface area (Å²) in [5.41, 5.74) is 2.71. The molecule has 1 amide bonds. The quantitative estimate of drug-likeness (QED) is 0.706. The number of hydrogen-bond acceptors (Lipinski definition) is 3. The Kier molecular flexibility index (Phi) is 2.48. The Morgan fingerprint density at radius 1 is 1.53 bits per heavy atom. The lowest BCUT2D eigenvalue weighted by Crippen LogP contribution is -2.28. The molecule has 0 aliphatic carbocycles. The monoisotopic (exact) mass is 208 g/mol. The van der Waals surface area contributed by atoms with Crippen molar-refractivity contribution in [1.82, 2.24) is 20.0 Å². The second-order valence-corrected chi connectivity index (χ2v) is 4.02. The van der Waals surface area contributed by atoms with Crippen LogP contribution in [-0.2, 0) is 13.1 Å². The van der Waals surface area contributed by atoms with Crippen LogP contribution in [-0.4, -0.2) is 41.2 Å². The van der Waals surface area contributed by atoms with Crippen LogP contribution in [0.5, 0.6) is 0 Å². The summed E-state index contributed by atoms with van der Waals surface area (Å²) in [6.07, 6.45) is 0. The summed E-state index contributed by atoms with van der Waals surface area (Å²) in [5.74, 6) is -0.0191. The van der Waals surface area contributed by atoms with Gasteiger partial charge in [-0.25, -0.2) is 0 Å². The van der Waals surface area contributed by atoms with Crippen molar-refractivity contribution in [3.8, 4) is 0 Å². The summed E-state index contributed by atoms with van der Waals surface area (Å²) in [6.45, 7) is 4.53. The van der Waals surface area contributed by atoms with Gasteiger partial charge in [-0.05, 0) is 6.92 Å². The SMILES string of the molecule is Cc1c(C(=O)N(C)C)nn2c1CNCC2. The molecule has 0 radical (unpaired) electrons. The van der Waals surface area contributed by atoms with Crippen LogP contribution in [0.4, 0.5) is 0 Å². The topological polar surface area (TPSA) is 50.2 Å². The summed E-state index contributed by atoms with van der Waals surface area (Å²) >= 11 is 0. The number of rotatable bonds is 1. The molecular weight excluding hydrogens is 192 g/mol. The zero-order chi connectivity index (χ0) is 11.0. The lowest BCUT2D eigenvalue weighted by atomic mass is 10.1. The zero-order valence-electron chi connectivity index (χ0n) is 9.37. The summed E-state index contributed by atoms with van der Waals surface area (Å²) in [7, 11) is 3.50. The minimum atomic E-state index is -0.0191. The first-order valence-corrected chi connectivity index (χ1v) is 5.10. The molecule has 0 aromatic carbocycles. The Labute approximate surface area is 89.1 Å². The van der Waals surface area contributed by atoms with Gasteiger partial charge in [-0.15, -0.1) is 0 Å². The maximum absolute atomic E-state index is 11.8. The molecule has 1 aromatic rings. The number of fused-ring (bicyclic) bond motifs is 1. The lowest BCUT2D eigenvalue weighted by Gasteiger charge is -2.14. The first-order valence-electron chi connectivity index (χ1n) is 5.10. The predicted molar refractivity (Wildman–Crippen MR) is 56.7 cm³/mol. The maximum Gasteiger partial charge on any atom is 0.274 e. The Hall–Kier alpha value is -1.36. The minimum Gasteiger partial charge on any atom is -0.343 e. The van der Waals surface area contributed by atoms with Gasteiger partial charge < -0.3 is 10.2 Å². The van der Waals surface area contributed by atoms with Gasteiger partial charge >= 0.3 is 0 Å². The molecule has 0 atom stereocenters. The number of hydrogen-bond donors (Lipinski definition) is 1. The highest BCUT2D eigenvalue weighted by Crippen LogP contribution is 2.16. The molecule has 5 nitrogen and oxygen atoms in total. The summed E-state index contributed by atoms with van der Waals surface area (Å²) in [5, 5.41) is 7.63. The molecule has 1 aliphatic rings. The maximum atomic E-state index is 11.8. The molecule has 15 heavy (non-hydrogen) atoms. The largest absolute Gasteiger partial charge is 0.343 e. The average Bonchev–Trinajstić information content (AvgIpc) is 2.56. The fourth-order valence-electron chi connectivity index (χ4n) is 1.80. The number of aromatic nitrogens is 2. The van der Waals surface area contributed by atoms with E-state index in [1.807, 2.05) is 11.6 Å². The molecule has 2 heterocycles. The molecule has 0 fully saturated rings. The third kappa shape index (κ3) is 1.63. The van der Waals surface area contributed by atoms with E-state index in [0.29, 0.717) is 5.69 Å². The van der Waals surface area contributed by atoms with Gasteiger partial charge in [-0.2, -0.15) is 5.10 Å². The third-order valence-corrected chi connectivity index (χ3v) is 2.72. The third-order valence-electron chi connectivity index (χ3n) is 2.72. The van der Waals surface area contributed by atoms with E-state index in [1.54, 1.807) is 19.0 Å². The fraction of sp³-hybridized carbons (Fsp3) is 0.600. The second kappa shape index (κ2) is 3.66. The molecule has 0 spiro atoms. The van der Waals surface area contributed by atoms with Crippen molar-refractivity contribution in [2.45, 2.75) is 20.0 Å². The molecule has 0 bridgehead atoms. The zero-order valence-corrected chi connectivity index (χ0v) is 9.37. The molecule has 0 saturated heterocycles. The predicted octanol–water partition coefficient (Wildman–Crippen LogP) is -0.00348. The molecule has 0 unspecified atom stereocenters. The standard InChI is InChI=1S/C10H16N4O/c1-7-8-6-11-4-5-14(8)12-9(7)10(15)13(2)3/h11H,4-6H2,1-3H3. The van der Waals surface area contributed by atoms with Gasteiger partial charge in [0.25, 0.3) is 5.91 Å². The summed E-state index contributed by atoms with van der Waals surface area (Å²) in [6, 6.07) is 0. The number of nitrogens with one attached hydrogen (secondary N) is 1. The van der Waals surface area contributed by atoms with Crippen LogP contribution in [0.1, 0.15) is 21.7 Å². The van der Waals surface area contributed by atoms with Crippen molar-refractivity contribution in [2.75, 3.05) is 20.6 Å². The molecule has 1 aliphatic heterocycles. The Balaban J connectivity index is 2.41. The normalized spacial score (nSPS) is 14.9. The van der Waals surface area contributed by atoms with Crippen LogP contribution in [0, 0.1) is 6.92 Å². The molecule has 82 valence electrons. The molecular formula is C10H16N4O. The van der Waals surface area contributed by atoms with Crippen LogP contribution in [0.15, 0.2) is 0 Å². The molecule has 5 heteroatoms. The smallest absolute Gasteiger partial charge is 0.274 e. The highest BCUT2D eigenvalue weighted by molar-refractivity contribution is 5.93. The molecule has 0 saturated carbocycles. The molecule has 1 N–H and O–H groups in total. The van der Waals surface area contributed by atoms with Crippen molar-refractivity contribution >= 4 is 5.91 Å². The van der Waals surface area contributed by atoms with E-state index in [-0.39, 0.29) is 5.91 Å². The number of carbonyl (C=O) groups excluding carboxylic acids is 1. The van der Waals surface area contributed by atoms with Gasteiger partial charge in [0.05, 0.1) is 12.2 Å². The number of nitrogens with zero attached hydrogens (tertiary/aromatic N) is 3. The van der Waals surface area contributed by atoms with Gasteiger partial charge in [-0.3, -0.25) is 9.48 Å². The van der Waals surface area contributed by atoms with Gasteiger partial charge in [0, 0.05) is 32.7 Å². The molecule has 1 aromatic heterocycles. The average molecular weight is 208 g/mol. The van der Waals surface area contributed by atoms with Crippen molar-refractivity contribution in [3.05, 3.63) is 17.0 Å². The second-order valence-electron chi connectivity index (χ2n) is 4.02. The van der Waals surface area contributed by atoms with Crippen LogP contribution < -0.4 is 5.32 Å². The van der Waals surface area contributed by atoms with Gasteiger partial charge in [-0.1, -0.05) is 0 Å².